The van der Waals surface area contributed by atoms with Crippen LogP contribution in [0.4, 0.5) is 16.2 Å². The highest BCUT2D eigenvalue weighted by atomic mass is 16.3. The monoisotopic (exact) mass is 446 g/mol. The summed E-state index contributed by atoms with van der Waals surface area (Å²) in [7, 11) is 0. The number of benzene rings is 2. The second kappa shape index (κ2) is 10.5. The van der Waals surface area contributed by atoms with Crippen LogP contribution in [0.2, 0.25) is 0 Å². The molecule has 4 amide bonds. The van der Waals surface area contributed by atoms with Crippen LogP contribution in [-0.4, -0.2) is 35.8 Å². The van der Waals surface area contributed by atoms with Crippen molar-refractivity contribution in [3.63, 3.8) is 0 Å². The van der Waals surface area contributed by atoms with Gasteiger partial charge < -0.3 is 25.3 Å². The predicted octanol–water partition coefficient (Wildman–Crippen LogP) is 4.09. The van der Waals surface area contributed by atoms with Gasteiger partial charge in [-0.2, -0.15) is 0 Å². The van der Waals surface area contributed by atoms with Gasteiger partial charge in [-0.15, -0.1) is 0 Å². The first-order chi connectivity index (χ1) is 16.1. The average Bonchev–Trinajstić information content (AvgIpc) is 3.39. The molecular weight excluding hydrogens is 420 g/mol. The molecule has 1 saturated heterocycles. The third kappa shape index (κ3) is 6.00. The van der Waals surface area contributed by atoms with Crippen molar-refractivity contribution in [2.45, 2.75) is 19.4 Å². The van der Waals surface area contributed by atoms with Gasteiger partial charge in [0.15, 0.2) is 5.76 Å². The first-order valence-corrected chi connectivity index (χ1v) is 10.9. The van der Waals surface area contributed by atoms with Crippen LogP contribution in [0.3, 0.4) is 0 Å². The van der Waals surface area contributed by atoms with Crippen molar-refractivity contribution < 1.29 is 18.8 Å². The Labute approximate surface area is 192 Å². The summed E-state index contributed by atoms with van der Waals surface area (Å²) < 4.78 is 5.08. The molecule has 4 rings (SSSR count). The van der Waals surface area contributed by atoms with Gasteiger partial charge >= 0.3 is 6.03 Å². The maximum atomic E-state index is 12.7. The van der Waals surface area contributed by atoms with Gasteiger partial charge in [0.25, 0.3) is 5.91 Å². The largest absolute Gasteiger partial charge is 0.459 e. The summed E-state index contributed by atoms with van der Waals surface area (Å²) >= 11 is 0. The molecule has 3 aromatic rings. The van der Waals surface area contributed by atoms with E-state index >= 15 is 0 Å². The van der Waals surface area contributed by atoms with Crippen LogP contribution in [0, 0.1) is 5.92 Å². The van der Waals surface area contributed by atoms with E-state index < -0.39 is 0 Å². The first-order valence-electron chi connectivity index (χ1n) is 10.9. The van der Waals surface area contributed by atoms with Gasteiger partial charge in [0.05, 0.1) is 12.2 Å². The third-order valence-electron chi connectivity index (χ3n) is 5.52. The number of anilines is 2. The van der Waals surface area contributed by atoms with Crippen LogP contribution in [0.5, 0.6) is 0 Å². The van der Waals surface area contributed by atoms with E-state index in [4.69, 9.17) is 4.42 Å². The second-order valence-corrected chi connectivity index (χ2v) is 7.93. The molecule has 1 unspecified atom stereocenters. The van der Waals surface area contributed by atoms with Crippen molar-refractivity contribution in [2.24, 2.45) is 5.92 Å². The number of urea groups is 1. The van der Waals surface area contributed by atoms with Crippen LogP contribution < -0.4 is 16.0 Å². The van der Waals surface area contributed by atoms with Crippen LogP contribution in [0.1, 0.15) is 29.0 Å². The molecule has 1 aliphatic rings. The zero-order valence-corrected chi connectivity index (χ0v) is 18.1. The highest BCUT2D eigenvalue weighted by Crippen LogP contribution is 2.19. The lowest BCUT2D eigenvalue weighted by Gasteiger charge is -2.32. The minimum Gasteiger partial charge on any atom is -0.459 e. The summed E-state index contributed by atoms with van der Waals surface area (Å²) in [5, 5.41) is 8.59. The molecule has 8 heteroatoms. The second-order valence-electron chi connectivity index (χ2n) is 7.93. The molecule has 170 valence electrons. The summed E-state index contributed by atoms with van der Waals surface area (Å²) in [6, 6.07) is 19.6. The van der Waals surface area contributed by atoms with E-state index in [1.165, 1.54) is 6.26 Å². The van der Waals surface area contributed by atoms with E-state index in [0.29, 0.717) is 25.3 Å². The third-order valence-corrected chi connectivity index (χ3v) is 5.52. The Balaban J connectivity index is 1.25. The van der Waals surface area contributed by atoms with Gasteiger partial charge in [0, 0.05) is 31.0 Å². The molecule has 33 heavy (non-hydrogen) atoms. The highest BCUT2D eigenvalue weighted by molar-refractivity contribution is 6.02. The summed E-state index contributed by atoms with van der Waals surface area (Å²) in [5.41, 5.74) is 2.29. The minimum atomic E-state index is -0.322. The molecule has 1 aromatic heterocycles. The van der Waals surface area contributed by atoms with Crippen molar-refractivity contribution in [2.75, 3.05) is 23.7 Å². The van der Waals surface area contributed by atoms with E-state index in [1.807, 2.05) is 42.5 Å². The van der Waals surface area contributed by atoms with Crippen molar-refractivity contribution in [3.05, 3.63) is 84.3 Å². The minimum absolute atomic E-state index is 0.0640. The average molecular weight is 447 g/mol. The van der Waals surface area contributed by atoms with Crippen LogP contribution in [0.25, 0.3) is 0 Å². The van der Waals surface area contributed by atoms with Gasteiger partial charge in [-0.3, -0.25) is 9.59 Å². The lowest BCUT2D eigenvalue weighted by Crippen LogP contribution is -2.47. The fourth-order valence-corrected chi connectivity index (χ4v) is 3.74. The Bertz CT molecular complexity index is 1080. The number of carbonyl (C=O) groups excluding carboxylic acids is 3. The van der Waals surface area contributed by atoms with Crippen molar-refractivity contribution in [3.8, 4) is 0 Å². The lowest BCUT2D eigenvalue weighted by molar-refractivity contribution is -0.121. The Morgan fingerprint density at radius 1 is 0.909 bits per heavy atom. The van der Waals surface area contributed by atoms with Crippen LogP contribution in [-0.2, 0) is 11.3 Å². The van der Waals surface area contributed by atoms with E-state index in [0.717, 1.165) is 24.1 Å². The standard InChI is InChI=1S/C25H26N4O4/c30-23(27-20-7-2-1-3-8-20)19-6-4-14-29(17-19)25(32)26-16-18-10-12-21(13-11-18)28-24(31)22-9-5-15-33-22/h1-3,5,7-13,15,19H,4,6,14,16-17H2,(H,26,32)(H,27,30)(H,28,31). The number of nitrogens with zero attached hydrogens (tertiary/aromatic N) is 1. The Morgan fingerprint density at radius 2 is 1.67 bits per heavy atom. The molecule has 1 atom stereocenters. The van der Waals surface area contributed by atoms with Crippen molar-refractivity contribution >= 4 is 29.2 Å². The SMILES string of the molecule is O=C(Nc1ccc(CNC(=O)N2CCCC(C(=O)Nc3ccccc3)C2)cc1)c1ccco1. The zero-order chi connectivity index (χ0) is 23.0. The van der Waals surface area contributed by atoms with E-state index in [2.05, 4.69) is 16.0 Å². The highest BCUT2D eigenvalue weighted by Gasteiger charge is 2.28. The Kier molecular flexibility index (Phi) is 7.04. The van der Waals surface area contributed by atoms with Gasteiger partial charge in [0.2, 0.25) is 5.91 Å². The zero-order valence-electron chi connectivity index (χ0n) is 18.1. The van der Waals surface area contributed by atoms with Gasteiger partial charge in [-0.1, -0.05) is 30.3 Å². The Morgan fingerprint density at radius 3 is 2.39 bits per heavy atom. The molecule has 2 aromatic carbocycles. The summed E-state index contributed by atoms with van der Waals surface area (Å²) in [6.07, 6.45) is 2.99. The number of nitrogens with one attached hydrogen (secondary N) is 3. The lowest BCUT2D eigenvalue weighted by atomic mass is 9.97. The quantitative estimate of drug-likeness (QED) is 0.530. The number of rotatable bonds is 6. The number of hydrogen-bond acceptors (Lipinski definition) is 4. The molecule has 0 saturated carbocycles. The van der Waals surface area contributed by atoms with E-state index in [-0.39, 0.29) is 29.5 Å². The van der Waals surface area contributed by atoms with Gasteiger partial charge in [0.1, 0.15) is 0 Å². The summed E-state index contributed by atoms with van der Waals surface area (Å²) in [4.78, 5) is 39.0. The number of likely N-dealkylation sites (tertiary alicyclic amines) is 1. The van der Waals surface area contributed by atoms with Gasteiger partial charge in [-0.05, 0) is 54.8 Å². The summed E-state index contributed by atoms with van der Waals surface area (Å²) in [5.74, 6) is -0.381. The topological polar surface area (TPSA) is 104 Å². The smallest absolute Gasteiger partial charge is 0.317 e. The number of hydrogen-bond donors (Lipinski definition) is 3. The molecule has 8 nitrogen and oxygen atoms in total. The van der Waals surface area contributed by atoms with E-state index in [9.17, 15) is 14.4 Å². The molecular formula is C25H26N4O4. The first kappa shape index (κ1) is 22.1. The molecule has 0 bridgehead atoms. The number of para-hydroxylation sites is 1. The predicted molar refractivity (Wildman–Crippen MR) is 125 cm³/mol. The molecule has 3 N–H and O–H groups in total. The van der Waals surface area contributed by atoms with Crippen LogP contribution >= 0.6 is 0 Å². The molecule has 1 aliphatic heterocycles. The van der Waals surface area contributed by atoms with Crippen LogP contribution in [0.15, 0.2) is 77.4 Å². The van der Waals surface area contributed by atoms with E-state index in [1.54, 1.807) is 29.2 Å². The maximum Gasteiger partial charge on any atom is 0.317 e. The fourth-order valence-electron chi connectivity index (χ4n) is 3.74. The van der Waals surface area contributed by atoms with Crippen molar-refractivity contribution in [1.29, 1.82) is 0 Å². The maximum absolute atomic E-state index is 12.7. The van der Waals surface area contributed by atoms with Gasteiger partial charge in [-0.25, -0.2) is 4.79 Å². The number of furan rings is 1. The number of amides is 4. The molecule has 2 heterocycles. The normalized spacial score (nSPS) is 15.5. The number of carbonyl (C=O) groups is 3. The summed E-state index contributed by atoms with van der Waals surface area (Å²) in [6.45, 7) is 1.36. The molecule has 0 radical (unpaired) electrons. The molecule has 0 spiro atoms. The fraction of sp³-hybridized carbons (Fsp3) is 0.240. The number of piperidine rings is 1. The molecule has 0 aliphatic carbocycles. The van der Waals surface area contributed by atoms with Crippen molar-refractivity contribution in [1.82, 2.24) is 10.2 Å². The molecule has 1 fully saturated rings. The Hall–Kier alpha value is -4.07.